The van der Waals surface area contributed by atoms with Crippen molar-refractivity contribution in [2.75, 3.05) is 0 Å². The summed E-state index contributed by atoms with van der Waals surface area (Å²) in [5.41, 5.74) is 2.79. The molecular formula is C12H10BrCl2N. The van der Waals surface area contributed by atoms with Gasteiger partial charge in [0, 0.05) is 15.6 Å². The van der Waals surface area contributed by atoms with Crippen LogP contribution in [-0.2, 0) is 6.42 Å². The Morgan fingerprint density at radius 3 is 2.62 bits per heavy atom. The SMILES string of the molecule is CCc1c(C)nc2c(Cl)ccc(Br)c2c1Cl. The van der Waals surface area contributed by atoms with Crippen LogP contribution < -0.4 is 0 Å². The Morgan fingerprint density at radius 1 is 1.31 bits per heavy atom. The monoisotopic (exact) mass is 317 g/mol. The predicted molar refractivity (Wildman–Crippen MR) is 73.6 cm³/mol. The molecule has 0 atom stereocenters. The lowest BCUT2D eigenvalue weighted by Crippen LogP contribution is -1.95. The quantitative estimate of drug-likeness (QED) is 0.706. The van der Waals surface area contributed by atoms with E-state index in [1.54, 1.807) is 0 Å². The fourth-order valence-corrected chi connectivity index (χ4v) is 3.11. The van der Waals surface area contributed by atoms with Gasteiger partial charge in [-0.2, -0.15) is 0 Å². The van der Waals surface area contributed by atoms with Crippen LogP contribution in [0.15, 0.2) is 16.6 Å². The molecule has 0 saturated heterocycles. The summed E-state index contributed by atoms with van der Waals surface area (Å²) in [7, 11) is 0. The highest BCUT2D eigenvalue weighted by Gasteiger charge is 2.13. The van der Waals surface area contributed by atoms with Crippen LogP contribution in [0.25, 0.3) is 10.9 Å². The van der Waals surface area contributed by atoms with E-state index < -0.39 is 0 Å². The third-order valence-electron chi connectivity index (χ3n) is 2.63. The lowest BCUT2D eigenvalue weighted by atomic mass is 10.1. The number of aromatic nitrogens is 1. The highest BCUT2D eigenvalue weighted by molar-refractivity contribution is 9.10. The minimum atomic E-state index is 0.630. The van der Waals surface area contributed by atoms with Crippen LogP contribution in [0, 0.1) is 6.92 Å². The number of hydrogen-bond acceptors (Lipinski definition) is 1. The Labute approximate surface area is 113 Å². The second-order valence-electron chi connectivity index (χ2n) is 3.60. The second-order valence-corrected chi connectivity index (χ2v) is 5.24. The van der Waals surface area contributed by atoms with E-state index in [0.717, 1.165) is 38.1 Å². The van der Waals surface area contributed by atoms with Crippen LogP contribution in [0.1, 0.15) is 18.2 Å². The lowest BCUT2D eigenvalue weighted by Gasteiger charge is -2.11. The van der Waals surface area contributed by atoms with E-state index in [2.05, 4.69) is 27.8 Å². The van der Waals surface area contributed by atoms with Gasteiger partial charge in [-0.05, 0) is 31.0 Å². The standard InChI is InChI=1S/C12H10BrCl2N/c1-3-7-6(2)16-12-9(14)5-4-8(13)10(12)11(7)15/h4-5H,3H2,1-2H3. The summed E-state index contributed by atoms with van der Waals surface area (Å²) < 4.78 is 0.930. The van der Waals surface area contributed by atoms with Gasteiger partial charge in [-0.3, -0.25) is 4.98 Å². The van der Waals surface area contributed by atoms with Crippen molar-refractivity contribution in [2.24, 2.45) is 0 Å². The summed E-state index contributed by atoms with van der Waals surface area (Å²) in [5.74, 6) is 0. The third-order valence-corrected chi connectivity index (χ3v) is 4.02. The molecule has 0 fully saturated rings. The zero-order chi connectivity index (χ0) is 11.9. The van der Waals surface area contributed by atoms with Crippen molar-refractivity contribution in [1.82, 2.24) is 4.98 Å². The number of aryl methyl sites for hydroxylation is 1. The molecule has 0 saturated carbocycles. The smallest absolute Gasteiger partial charge is 0.0917 e. The molecule has 0 amide bonds. The summed E-state index contributed by atoms with van der Waals surface area (Å²) in [6, 6.07) is 3.72. The number of hydrogen-bond donors (Lipinski definition) is 0. The summed E-state index contributed by atoms with van der Waals surface area (Å²) in [5, 5.41) is 2.28. The number of nitrogens with zero attached hydrogens (tertiary/aromatic N) is 1. The van der Waals surface area contributed by atoms with Gasteiger partial charge in [-0.15, -0.1) is 0 Å². The van der Waals surface area contributed by atoms with Crippen LogP contribution in [0.4, 0.5) is 0 Å². The molecule has 0 spiro atoms. The molecule has 1 nitrogen and oxygen atoms in total. The largest absolute Gasteiger partial charge is 0.251 e. The molecule has 0 unspecified atom stereocenters. The normalized spacial score (nSPS) is 11.1. The fourth-order valence-electron chi connectivity index (χ4n) is 1.82. The molecule has 1 heterocycles. The molecule has 0 aliphatic carbocycles. The lowest BCUT2D eigenvalue weighted by molar-refractivity contribution is 1.07. The number of benzene rings is 1. The highest BCUT2D eigenvalue weighted by Crippen LogP contribution is 2.36. The molecule has 1 aromatic carbocycles. The fraction of sp³-hybridized carbons (Fsp3) is 0.250. The first-order valence-corrected chi connectivity index (χ1v) is 6.53. The van der Waals surface area contributed by atoms with Crippen LogP contribution >= 0.6 is 39.1 Å². The van der Waals surface area contributed by atoms with Crippen LogP contribution in [0.2, 0.25) is 10.0 Å². The van der Waals surface area contributed by atoms with Gasteiger partial charge in [-0.25, -0.2) is 0 Å². The first kappa shape index (κ1) is 12.2. The summed E-state index contributed by atoms with van der Waals surface area (Å²) >= 11 is 16.0. The van der Waals surface area contributed by atoms with E-state index in [-0.39, 0.29) is 0 Å². The number of pyridine rings is 1. The minimum Gasteiger partial charge on any atom is -0.251 e. The maximum absolute atomic E-state index is 6.40. The Hall–Kier alpha value is -0.310. The van der Waals surface area contributed by atoms with Gasteiger partial charge in [-0.1, -0.05) is 46.1 Å². The van der Waals surface area contributed by atoms with E-state index in [4.69, 9.17) is 23.2 Å². The molecule has 16 heavy (non-hydrogen) atoms. The van der Waals surface area contributed by atoms with E-state index in [0.29, 0.717) is 5.02 Å². The molecule has 0 radical (unpaired) electrons. The minimum absolute atomic E-state index is 0.630. The van der Waals surface area contributed by atoms with E-state index in [1.807, 2.05) is 19.1 Å². The number of fused-ring (bicyclic) bond motifs is 1. The van der Waals surface area contributed by atoms with Crippen molar-refractivity contribution >= 4 is 50.0 Å². The van der Waals surface area contributed by atoms with E-state index in [1.165, 1.54) is 0 Å². The van der Waals surface area contributed by atoms with Gasteiger partial charge in [0.1, 0.15) is 0 Å². The van der Waals surface area contributed by atoms with E-state index >= 15 is 0 Å². The van der Waals surface area contributed by atoms with E-state index in [9.17, 15) is 0 Å². The molecular weight excluding hydrogens is 309 g/mol. The molecule has 2 aromatic rings. The number of rotatable bonds is 1. The topological polar surface area (TPSA) is 12.9 Å². The molecule has 4 heteroatoms. The molecule has 0 N–H and O–H groups in total. The maximum Gasteiger partial charge on any atom is 0.0917 e. The summed E-state index contributed by atoms with van der Waals surface area (Å²) in [4.78, 5) is 4.52. The number of halogens is 3. The Bertz CT molecular complexity index is 567. The van der Waals surface area contributed by atoms with Crippen molar-refractivity contribution < 1.29 is 0 Å². The maximum atomic E-state index is 6.40. The van der Waals surface area contributed by atoms with Gasteiger partial charge in [0.2, 0.25) is 0 Å². The molecule has 1 aromatic heterocycles. The van der Waals surface area contributed by atoms with Crippen molar-refractivity contribution in [3.63, 3.8) is 0 Å². The molecule has 0 bridgehead atoms. The van der Waals surface area contributed by atoms with Crippen LogP contribution in [-0.4, -0.2) is 4.98 Å². The van der Waals surface area contributed by atoms with Gasteiger partial charge in [0.05, 0.1) is 15.6 Å². The molecule has 2 rings (SSSR count). The highest BCUT2D eigenvalue weighted by atomic mass is 79.9. The molecule has 84 valence electrons. The first-order valence-electron chi connectivity index (χ1n) is 4.99. The summed E-state index contributed by atoms with van der Waals surface area (Å²) in [6.07, 6.45) is 0.868. The van der Waals surface area contributed by atoms with Crippen LogP contribution in [0.5, 0.6) is 0 Å². The van der Waals surface area contributed by atoms with Crippen molar-refractivity contribution in [2.45, 2.75) is 20.3 Å². The second kappa shape index (κ2) is 4.52. The molecule has 0 aliphatic rings. The average molecular weight is 319 g/mol. The van der Waals surface area contributed by atoms with Gasteiger partial charge in [0.15, 0.2) is 0 Å². The summed E-state index contributed by atoms with van der Waals surface area (Å²) in [6.45, 7) is 4.03. The van der Waals surface area contributed by atoms with Crippen LogP contribution in [0.3, 0.4) is 0 Å². The Balaban J connectivity index is 2.98. The zero-order valence-corrected chi connectivity index (χ0v) is 12.0. The van der Waals surface area contributed by atoms with Crippen molar-refractivity contribution in [3.8, 4) is 0 Å². The molecule has 0 aliphatic heterocycles. The van der Waals surface area contributed by atoms with Crippen molar-refractivity contribution in [3.05, 3.63) is 37.9 Å². The van der Waals surface area contributed by atoms with Gasteiger partial charge >= 0.3 is 0 Å². The Morgan fingerprint density at radius 2 is 2.00 bits per heavy atom. The van der Waals surface area contributed by atoms with Gasteiger partial charge < -0.3 is 0 Å². The average Bonchev–Trinajstić information content (AvgIpc) is 2.24. The zero-order valence-electron chi connectivity index (χ0n) is 8.94. The first-order chi connectivity index (χ1) is 7.56. The van der Waals surface area contributed by atoms with Crippen molar-refractivity contribution in [1.29, 1.82) is 0 Å². The predicted octanol–water partition coefficient (Wildman–Crippen LogP) is 5.17. The van der Waals surface area contributed by atoms with Gasteiger partial charge in [0.25, 0.3) is 0 Å². The third kappa shape index (κ3) is 1.83. The Kier molecular flexibility index (Phi) is 3.43.